The molecule has 0 heterocycles. The third kappa shape index (κ3) is 3.62. The predicted octanol–water partition coefficient (Wildman–Crippen LogP) is 4.16. The van der Waals surface area contributed by atoms with Crippen LogP contribution in [0.4, 0.5) is 5.69 Å². The van der Waals surface area contributed by atoms with Gasteiger partial charge < -0.3 is 5.32 Å². The highest BCUT2D eigenvalue weighted by atomic mass is 16.1. The average Bonchev–Trinajstić information content (AvgIpc) is 2.49. The molecule has 0 aromatic heterocycles. The summed E-state index contributed by atoms with van der Waals surface area (Å²) in [5.74, 6) is -0.391. The first-order valence-electron chi connectivity index (χ1n) is 7.07. The van der Waals surface area contributed by atoms with Crippen LogP contribution < -0.4 is 5.32 Å². The van der Waals surface area contributed by atoms with E-state index in [0.717, 1.165) is 27.9 Å². The largest absolute Gasteiger partial charge is 0.321 e. The van der Waals surface area contributed by atoms with E-state index in [2.05, 4.69) is 5.32 Å². The summed E-state index contributed by atoms with van der Waals surface area (Å²) in [6.45, 7) is 5.90. The second-order valence-electron chi connectivity index (χ2n) is 5.29. The van der Waals surface area contributed by atoms with E-state index in [1.54, 1.807) is 6.08 Å². The highest BCUT2D eigenvalue weighted by Crippen LogP contribution is 2.19. The lowest BCUT2D eigenvalue weighted by Gasteiger charge is -2.09. The average molecular weight is 290 g/mol. The number of amides is 1. The van der Waals surface area contributed by atoms with E-state index in [1.807, 2.05) is 69.3 Å². The first-order valence-corrected chi connectivity index (χ1v) is 7.07. The van der Waals surface area contributed by atoms with Gasteiger partial charge in [-0.1, -0.05) is 42.0 Å². The van der Waals surface area contributed by atoms with Gasteiger partial charge in [-0.3, -0.25) is 4.79 Å². The lowest BCUT2D eigenvalue weighted by molar-refractivity contribution is -0.112. The van der Waals surface area contributed by atoms with E-state index in [-0.39, 0.29) is 5.57 Å². The number of benzene rings is 2. The van der Waals surface area contributed by atoms with E-state index >= 15 is 0 Å². The zero-order valence-electron chi connectivity index (χ0n) is 13.0. The van der Waals surface area contributed by atoms with E-state index < -0.39 is 5.91 Å². The van der Waals surface area contributed by atoms with Gasteiger partial charge in [-0.25, -0.2) is 0 Å². The van der Waals surface area contributed by atoms with E-state index in [0.29, 0.717) is 0 Å². The zero-order valence-corrected chi connectivity index (χ0v) is 13.0. The van der Waals surface area contributed by atoms with Gasteiger partial charge in [0.1, 0.15) is 11.6 Å². The molecule has 0 aliphatic heterocycles. The first kappa shape index (κ1) is 15.5. The summed E-state index contributed by atoms with van der Waals surface area (Å²) >= 11 is 0. The third-order valence-corrected chi connectivity index (χ3v) is 3.57. The number of carbonyl (C=O) groups is 1. The van der Waals surface area contributed by atoms with Crippen molar-refractivity contribution < 1.29 is 4.79 Å². The Morgan fingerprint density at radius 3 is 2.55 bits per heavy atom. The number of rotatable bonds is 3. The van der Waals surface area contributed by atoms with Crippen LogP contribution in [0.3, 0.4) is 0 Å². The molecule has 1 amide bonds. The van der Waals surface area contributed by atoms with Crippen LogP contribution in [0.2, 0.25) is 0 Å². The molecule has 0 aliphatic rings. The van der Waals surface area contributed by atoms with Gasteiger partial charge in [0.05, 0.1) is 0 Å². The number of nitrogens with zero attached hydrogens (tertiary/aromatic N) is 1. The van der Waals surface area contributed by atoms with Crippen molar-refractivity contribution >= 4 is 17.7 Å². The number of nitriles is 1. The van der Waals surface area contributed by atoms with Crippen LogP contribution in [0.15, 0.2) is 48.0 Å². The Kier molecular flexibility index (Phi) is 4.75. The number of hydrogen-bond acceptors (Lipinski definition) is 2. The number of nitrogens with one attached hydrogen (secondary N) is 1. The fourth-order valence-corrected chi connectivity index (χ4v) is 2.15. The zero-order chi connectivity index (χ0) is 16.1. The van der Waals surface area contributed by atoms with Crippen molar-refractivity contribution in [2.45, 2.75) is 20.8 Å². The highest BCUT2D eigenvalue weighted by molar-refractivity contribution is 6.10. The Bertz CT molecular complexity index is 782. The molecule has 0 aliphatic carbocycles. The normalized spacial score (nSPS) is 10.9. The van der Waals surface area contributed by atoms with Crippen LogP contribution in [0, 0.1) is 32.1 Å². The molecule has 3 nitrogen and oxygen atoms in total. The smallest absolute Gasteiger partial charge is 0.266 e. The Morgan fingerprint density at radius 1 is 1.14 bits per heavy atom. The fourth-order valence-electron chi connectivity index (χ4n) is 2.15. The Labute approximate surface area is 130 Å². The van der Waals surface area contributed by atoms with E-state index in [1.165, 1.54) is 0 Å². The standard InChI is InChI=1S/C19H18N2O/c1-13-6-4-8-16(10-13)11-17(12-20)19(22)21-18-9-5-7-14(2)15(18)3/h4-11H,1-3H3,(H,21,22)/b17-11+. The summed E-state index contributed by atoms with van der Waals surface area (Å²) < 4.78 is 0. The van der Waals surface area contributed by atoms with Crippen LogP contribution in [0.5, 0.6) is 0 Å². The maximum Gasteiger partial charge on any atom is 0.266 e. The van der Waals surface area contributed by atoms with Crippen LogP contribution in [0.25, 0.3) is 6.08 Å². The molecule has 22 heavy (non-hydrogen) atoms. The van der Waals surface area contributed by atoms with Gasteiger partial charge in [-0.15, -0.1) is 0 Å². The van der Waals surface area contributed by atoms with Gasteiger partial charge in [-0.05, 0) is 49.6 Å². The van der Waals surface area contributed by atoms with Crippen molar-refractivity contribution in [3.8, 4) is 6.07 Å². The molecular formula is C19H18N2O. The fraction of sp³-hybridized carbons (Fsp3) is 0.158. The molecule has 110 valence electrons. The summed E-state index contributed by atoms with van der Waals surface area (Å²) in [6, 6.07) is 15.4. The molecule has 0 unspecified atom stereocenters. The van der Waals surface area contributed by atoms with Crippen molar-refractivity contribution in [2.75, 3.05) is 5.32 Å². The minimum Gasteiger partial charge on any atom is -0.321 e. The number of hydrogen-bond donors (Lipinski definition) is 1. The van der Waals surface area contributed by atoms with Crippen LogP contribution in [-0.4, -0.2) is 5.91 Å². The second kappa shape index (κ2) is 6.73. The SMILES string of the molecule is Cc1cccc(/C=C(\C#N)C(=O)Nc2cccc(C)c2C)c1. The topological polar surface area (TPSA) is 52.9 Å². The molecular weight excluding hydrogens is 272 g/mol. The summed E-state index contributed by atoms with van der Waals surface area (Å²) in [5.41, 5.74) is 4.85. The maximum atomic E-state index is 12.3. The minimum absolute atomic E-state index is 0.0894. The molecule has 0 bridgehead atoms. The van der Waals surface area contributed by atoms with Gasteiger partial charge in [-0.2, -0.15) is 5.26 Å². The summed E-state index contributed by atoms with van der Waals surface area (Å²) in [5, 5.41) is 12.1. The number of anilines is 1. The van der Waals surface area contributed by atoms with Crippen LogP contribution in [-0.2, 0) is 4.79 Å². The van der Waals surface area contributed by atoms with Crippen molar-refractivity contribution in [2.24, 2.45) is 0 Å². The third-order valence-electron chi connectivity index (χ3n) is 3.57. The summed E-state index contributed by atoms with van der Waals surface area (Å²) in [6.07, 6.45) is 1.60. The van der Waals surface area contributed by atoms with Gasteiger partial charge in [0.25, 0.3) is 5.91 Å². The molecule has 2 aromatic rings. The lowest BCUT2D eigenvalue weighted by Crippen LogP contribution is -2.14. The van der Waals surface area contributed by atoms with Gasteiger partial charge in [0.15, 0.2) is 0 Å². The molecule has 0 saturated carbocycles. The minimum atomic E-state index is -0.391. The second-order valence-corrected chi connectivity index (χ2v) is 5.29. The van der Waals surface area contributed by atoms with Gasteiger partial charge in [0.2, 0.25) is 0 Å². The van der Waals surface area contributed by atoms with Crippen molar-refractivity contribution in [3.63, 3.8) is 0 Å². The Hall–Kier alpha value is -2.86. The van der Waals surface area contributed by atoms with Gasteiger partial charge in [0, 0.05) is 5.69 Å². The van der Waals surface area contributed by atoms with Crippen molar-refractivity contribution in [1.29, 1.82) is 5.26 Å². The quantitative estimate of drug-likeness (QED) is 0.681. The molecule has 0 atom stereocenters. The molecule has 0 radical (unpaired) electrons. The van der Waals surface area contributed by atoms with E-state index in [4.69, 9.17) is 0 Å². The molecule has 2 aromatic carbocycles. The van der Waals surface area contributed by atoms with E-state index in [9.17, 15) is 10.1 Å². The maximum absolute atomic E-state index is 12.3. The van der Waals surface area contributed by atoms with Crippen LogP contribution >= 0.6 is 0 Å². The number of carbonyl (C=O) groups excluding carboxylic acids is 1. The van der Waals surface area contributed by atoms with Crippen molar-refractivity contribution in [1.82, 2.24) is 0 Å². The van der Waals surface area contributed by atoms with Crippen molar-refractivity contribution in [3.05, 3.63) is 70.3 Å². The monoisotopic (exact) mass is 290 g/mol. The highest BCUT2D eigenvalue weighted by Gasteiger charge is 2.11. The molecule has 1 N–H and O–H groups in total. The Morgan fingerprint density at radius 2 is 1.86 bits per heavy atom. The van der Waals surface area contributed by atoms with Gasteiger partial charge >= 0.3 is 0 Å². The summed E-state index contributed by atoms with van der Waals surface area (Å²) in [4.78, 5) is 12.3. The first-order chi connectivity index (χ1) is 10.5. The molecule has 0 fully saturated rings. The molecule has 2 rings (SSSR count). The molecule has 0 spiro atoms. The Balaban J connectivity index is 2.26. The number of aryl methyl sites for hydroxylation is 2. The predicted molar refractivity (Wildman–Crippen MR) is 89.3 cm³/mol. The van der Waals surface area contributed by atoms with Crippen LogP contribution in [0.1, 0.15) is 22.3 Å². The lowest BCUT2D eigenvalue weighted by atomic mass is 10.1. The molecule has 0 saturated heterocycles. The molecule has 3 heteroatoms. The summed E-state index contributed by atoms with van der Waals surface area (Å²) in [7, 11) is 0.